The summed E-state index contributed by atoms with van der Waals surface area (Å²) >= 11 is 0. The van der Waals surface area contributed by atoms with Crippen LogP contribution in [0.1, 0.15) is 108 Å². The Kier molecular flexibility index (Phi) is 8.65. The fourth-order valence-corrected chi connectivity index (χ4v) is 8.43. The molecule has 0 heterocycles. The normalized spacial score (nSPS) is 15.6. The third kappa shape index (κ3) is 5.99. The van der Waals surface area contributed by atoms with Gasteiger partial charge in [-0.1, -0.05) is 185 Å². The third-order valence-electron chi connectivity index (χ3n) is 11.6. The molecule has 7 rings (SSSR count). The average molecular weight is 682 g/mol. The molecule has 0 saturated heterocycles. The lowest BCUT2D eigenvalue weighted by Gasteiger charge is -2.32. The van der Waals surface area contributed by atoms with Crippen LogP contribution in [0, 0.1) is 0 Å². The van der Waals surface area contributed by atoms with Crippen LogP contribution in [0.2, 0.25) is 0 Å². The molecule has 0 aliphatic heterocycles. The van der Waals surface area contributed by atoms with Gasteiger partial charge in [0, 0.05) is 34.3 Å². The molecule has 0 atom stereocenters. The van der Waals surface area contributed by atoms with E-state index in [2.05, 4.69) is 202 Å². The molecule has 0 unspecified atom stereocenters. The minimum atomic E-state index is -0.141. The van der Waals surface area contributed by atoms with E-state index in [-0.39, 0.29) is 21.7 Å². The van der Waals surface area contributed by atoms with Gasteiger partial charge in [0.05, 0.1) is 0 Å². The molecule has 0 bridgehead atoms. The van der Waals surface area contributed by atoms with E-state index in [1.165, 1.54) is 72.6 Å². The highest BCUT2D eigenvalue weighted by Crippen LogP contribution is 2.56. The van der Waals surface area contributed by atoms with Crippen molar-refractivity contribution in [2.45, 2.75) is 90.9 Å². The first-order chi connectivity index (χ1) is 24.5. The van der Waals surface area contributed by atoms with Crippen molar-refractivity contribution in [3.8, 4) is 22.3 Å². The maximum Gasteiger partial charge on any atom is 0.0499 e. The molecule has 1 nitrogen and oxygen atoms in total. The molecule has 2 aliphatic rings. The zero-order chi connectivity index (χ0) is 37.2. The molecule has 0 saturated carbocycles. The summed E-state index contributed by atoms with van der Waals surface area (Å²) in [5.74, 6) is 0. The van der Waals surface area contributed by atoms with Crippen molar-refractivity contribution in [3.05, 3.63) is 173 Å². The van der Waals surface area contributed by atoms with E-state index in [0.717, 1.165) is 5.57 Å². The second-order valence-corrected chi connectivity index (χ2v) is 17.9. The van der Waals surface area contributed by atoms with E-state index in [9.17, 15) is 0 Å². The fraction of sp³-hybridized carbons (Fsp3) is 0.294. The van der Waals surface area contributed by atoms with Crippen molar-refractivity contribution in [2.75, 3.05) is 11.4 Å². The van der Waals surface area contributed by atoms with Gasteiger partial charge in [0.25, 0.3) is 0 Å². The quantitative estimate of drug-likeness (QED) is 0.155. The minimum absolute atomic E-state index is 0.0263. The van der Waals surface area contributed by atoms with Crippen LogP contribution in [0.3, 0.4) is 0 Å². The Morgan fingerprint density at radius 3 is 1.90 bits per heavy atom. The van der Waals surface area contributed by atoms with Crippen molar-refractivity contribution in [1.29, 1.82) is 0 Å². The third-order valence-corrected chi connectivity index (χ3v) is 11.6. The van der Waals surface area contributed by atoms with Gasteiger partial charge in [-0.2, -0.15) is 0 Å². The zero-order valence-electron chi connectivity index (χ0n) is 33.0. The zero-order valence-corrected chi connectivity index (χ0v) is 33.0. The fourth-order valence-electron chi connectivity index (χ4n) is 8.43. The van der Waals surface area contributed by atoms with E-state index in [1.54, 1.807) is 0 Å². The predicted molar refractivity (Wildman–Crippen MR) is 226 cm³/mol. The van der Waals surface area contributed by atoms with Gasteiger partial charge >= 0.3 is 0 Å². The van der Waals surface area contributed by atoms with Crippen LogP contribution < -0.4 is 4.90 Å². The number of rotatable bonds is 7. The lowest BCUT2D eigenvalue weighted by molar-refractivity contribution is 0.580. The number of benzene rings is 5. The van der Waals surface area contributed by atoms with Crippen molar-refractivity contribution >= 4 is 16.9 Å². The second-order valence-electron chi connectivity index (χ2n) is 17.9. The Hall–Kier alpha value is -4.88. The highest BCUT2D eigenvalue weighted by molar-refractivity contribution is 5.94. The van der Waals surface area contributed by atoms with E-state index in [1.807, 2.05) is 6.08 Å². The van der Waals surface area contributed by atoms with Gasteiger partial charge in [-0.15, -0.1) is 0 Å². The van der Waals surface area contributed by atoms with Crippen LogP contribution in [0.25, 0.3) is 27.8 Å². The average Bonchev–Trinajstić information content (AvgIpc) is 3.48. The Balaban J connectivity index is 1.46. The van der Waals surface area contributed by atoms with E-state index >= 15 is 0 Å². The van der Waals surface area contributed by atoms with Crippen molar-refractivity contribution in [2.24, 2.45) is 0 Å². The highest BCUT2D eigenvalue weighted by Gasteiger charge is 2.41. The molecular formula is C51H55N. The first-order valence-electron chi connectivity index (χ1n) is 18.9. The predicted octanol–water partition coefficient (Wildman–Crippen LogP) is 13.9. The number of allylic oxidation sites excluding steroid dienone is 4. The molecule has 0 N–H and O–H groups in total. The maximum absolute atomic E-state index is 4.04. The molecule has 0 amide bonds. The summed E-state index contributed by atoms with van der Waals surface area (Å²) in [7, 11) is 0. The summed E-state index contributed by atoms with van der Waals surface area (Å²) in [4.78, 5) is 2.57. The number of fused-ring (bicyclic) bond motifs is 6. The topological polar surface area (TPSA) is 3.24 Å². The molecule has 5 aromatic carbocycles. The van der Waals surface area contributed by atoms with Gasteiger partial charge in [-0.05, 0) is 90.2 Å². The molecule has 0 fully saturated rings. The molecule has 0 radical (unpaired) electrons. The van der Waals surface area contributed by atoms with Crippen LogP contribution >= 0.6 is 0 Å². The Labute approximate surface area is 313 Å². The van der Waals surface area contributed by atoms with Crippen LogP contribution in [0.15, 0.2) is 134 Å². The molecule has 5 aromatic rings. The largest absolute Gasteiger partial charge is 0.337 e. The number of hydrogen-bond donors (Lipinski definition) is 0. The molecule has 1 heteroatoms. The molecular weight excluding hydrogens is 627 g/mol. The van der Waals surface area contributed by atoms with Crippen LogP contribution in [0.4, 0.5) is 11.4 Å². The minimum Gasteiger partial charge on any atom is -0.337 e. The molecule has 264 valence electrons. The standard InChI is InChI=1S/C51H55N/c1-12-19-34(35-20-14-13-15-21-35)22-18-29-52(38-26-28-40-39-23-16-17-24-42(39)50(8,9)44(40)33-38)46-32-37(49(5,6)7)31-45-47(46)41-27-25-36(48(2,3)4)30-43(41)51(45,10)11/h12-28,30-33H,1,29H2,2-11H3/b22-18-,34-19+. The van der Waals surface area contributed by atoms with Gasteiger partial charge < -0.3 is 4.90 Å². The Bertz CT molecular complexity index is 2240. The van der Waals surface area contributed by atoms with E-state index in [4.69, 9.17) is 0 Å². The van der Waals surface area contributed by atoms with Crippen molar-refractivity contribution in [3.63, 3.8) is 0 Å². The van der Waals surface area contributed by atoms with Crippen molar-refractivity contribution < 1.29 is 0 Å². The van der Waals surface area contributed by atoms with Gasteiger partial charge in [-0.3, -0.25) is 0 Å². The molecule has 2 aliphatic carbocycles. The van der Waals surface area contributed by atoms with Gasteiger partial charge in [0.15, 0.2) is 0 Å². The van der Waals surface area contributed by atoms with Crippen molar-refractivity contribution in [1.82, 2.24) is 0 Å². The number of hydrogen-bond acceptors (Lipinski definition) is 1. The van der Waals surface area contributed by atoms with Crippen LogP contribution in [-0.4, -0.2) is 6.54 Å². The van der Waals surface area contributed by atoms with E-state index < -0.39 is 0 Å². The number of anilines is 2. The lowest BCUT2D eigenvalue weighted by atomic mass is 9.77. The smallest absolute Gasteiger partial charge is 0.0499 e. The Morgan fingerprint density at radius 2 is 1.21 bits per heavy atom. The van der Waals surface area contributed by atoms with Gasteiger partial charge in [0.2, 0.25) is 0 Å². The summed E-state index contributed by atoms with van der Waals surface area (Å²) in [5.41, 5.74) is 18.4. The Morgan fingerprint density at radius 1 is 0.615 bits per heavy atom. The monoisotopic (exact) mass is 681 g/mol. The van der Waals surface area contributed by atoms with E-state index in [0.29, 0.717) is 6.54 Å². The summed E-state index contributed by atoms with van der Waals surface area (Å²) in [6.45, 7) is 28.3. The number of nitrogens with zero attached hydrogens (tertiary/aromatic N) is 1. The molecule has 0 aromatic heterocycles. The summed E-state index contributed by atoms with van der Waals surface area (Å²) in [6, 6.07) is 39.0. The van der Waals surface area contributed by atoms with Crippen LogP contribution in [0.5, 0.6) is 0 Å². The molecule has 52 heavy (non-hydrogen) atoms. The lowest BCUT2D eigenvalue weighted by Crippen LogP contribution is -2.23. The highest BCUT2D eigenvalue weighted by atomic mass is 15.1. The summed E-state index contributed by atoms with van der Waals surface area (Å²) in [5, 5.41) is 0. The van der Waals surface area contributed by atoms with Gasteiger partial charge in [0.1, 0.15) is 0 Å². The first-order valence-corrected chi connectivity index (χ1v) is 18.9. The van der Waals surface area contributed by atoms with Crippen LogP contribution in [-0.2, 0) is 21.7 Å². The first kappa shape index (κ1) is 35.5. The molecule has 0 spiro atoms. The summed E-state index contributed by atoms with van der Waals surface area (Å²) < 4.78 is 0. The summed E-state index contributed by atoms with van der Waals surface area (Å²) in [6.07, 6.45) is 8.58. The maximum atomic E-state index is 4.04. The second kappa shape index (κ2) is 12.7. The van der Waals surface area contributed by atoms with Gasteiger partial charge in [-0.25, -0.2) is 0 Å². The SMILES string of the molecule is C=C/C=C(\C=C/CN(c1ccc2c(c1)C(C)(C)c1ccccc1-2)c1cc(C(C)(C)C)cc2c1-c1ccc(C(C)(C)C)cc1C2(C)C)c1ccccc1.